The van der Waals surface area contributed by atoms with Crippen LogP contribution in [-0.2, 0) is 4.74 Å². The zero-order valence-corrected chi connectivity index (χ0v) is 18.1. The maximum absolute atomic E-state index is 12.3. The molecule has 0 radical (unpaired) electrons. The van der Waals surface area contributed by atoms with Crippen LogP contribution in [0, 0.1) is 10.1 Å². The Bertz CT molecular complexity index is 1160. The molecular weight excluding hydrogens is 448 g/mol. The van der Waals surface area contributed by atoms with E-state index in [0.717, 1.165) is 22.3 Å². The molecule has 170 valence electrons. The molecule has 0 heterocycles. The minimum atomic E-state index is -1.67. The number of alkyl carbamates (subject to hydrolysis) is 1. The molecule has 1 aliphatic rings. The van der Waals surface area contributed by atoms with E-state index in [0.29, 0.717) is 0 Å². The molecule has 0 bridgehead atoms. The lowest BCUT2D eigenvalue weighted by Gasteiger charge is -2.20. The van der Waals surface area contributed by atoms with Crippen LogP contribution in [0.4, 0.5) is 10.5 Å². The lowest BCUT2D eigenvalue weighted by Crippen LogP contribution is -2.36. The lowest BCUT2D eigenvalue weighted by atomic mass is 9.98. The van der Waals surface area contributed by atoms with Crippen molar-refractivity contribution in [3.8, 4) is 11.1 Å². The van der Waals surface area contributed by atoms with Crippen LogP contribution in [0.3, 0.4) is 0 Å². The van der Waals surface area contributed by atoms with Gasteiger partial charge in [-0.15, -0.1) is 0 Å². The third-order valence-corrected chi connectivity index (χ3v) is 6.02. The number of amides is 1. The van der Waals surface area contributed by atoms with Crippen LogP contribution < -0.4 is 5.32 Å². The fourth-order valence-corrected chi connectivity index (χ4v) is 4.40. The quantitative estimate of drug-likeness (QED) is 0.353. The normalized spacial score (nSPS) is 14.2. The predicted molar refractivity (Wildman–Crippen MR) is 122 cm³/mol. The van der Waals surface area contributed by atoms with Gasteiger partial charge in [0.25, 0.3) is 5.69 Å². The summed E-state index contributed by atoms with van der Waals surface area (Å²) >= 11 is 5.99. The van der Waals surface area contributed by atoms with Gasteiger partial charge in [0.1, 0.15) is 18.8 Å². The molecule has 0 spiro atoms. The largest absolute Gasteiger partial charge is 0.449 e. The Kier molecular flexibility index (Phi) is 6.60. The number of carbonyl (C=O) groups excluding carboxylic acids is 1. The smallest absolute Gasteiger partial charge is 0.407 e. The molecule has 3 aromatic rings. The van der Waals surface area contributed by atoms with Gasteiger partial charge in [-0.2, -0.15) is 0 Å². The third-order valence-electron chi connectivity index (χ3n) is 5.69. The SMILES string of the molecule is O=C(NCC(O)C(O)c1c(Cl)cccc1[N+](=O)[O-])OCC1c2ccccc2-c2ccccc21. The maximum Gasteiger partial charge on any atom is 0.407 e. The first kappa shape index (κ1) is 22.7. The van der Waals surface area contributed by atoms with Gasteiger partial charge in [0.15, 0.2) is 0 Å². The number of benzene rings is 3. The van der Waals surface area contributed by atoms with Gasteiger partial charge in [-0.3, -0.25) is 10.1 Å². The van der Waals surface area contributed by atoms with Crippen molar-refractivity contribution in [1.29, 1.82) is 0 Å². The summed E-state index contributed by atoms with van der Waals surface area (Å²) in [5.41, 5.74) is 3.69. The molecule has 0 saturated carbocycles. The van der Waals surface area contributed by atoms with E-state index in [1.807, 2.05) is 48.5 Å². The Balaban J connectivity index is 1.38. The van der Waals surface area contributed by atoms with Gasteiger partial charge >= 0.3 is 6.09 Å². The highest BCUT2D eigenvalue weighted by Crippen LogP contribution is 2.44. The number of ether oxygens (including phenoxy) is 1. The molecule has 0 aliphatic heterocycles. The van der Waals surface area contributed by atoms with E-state index in [9.17, 15) is 25.1 Å². The highest BCUT2D eigenvalue weighted by Gasteiger charge is 2.31. The molecule has 3 aromatic carbocycles. The Morgan fingerprint density at radius 1 is 1.03 bits per heavy atom. The first-order valence-electron chi connectivity index (χ1n) is 10.3. The van der Waals surface area contributed by atoms with E-state index in [1.165, 1.54) is 18.2 Å². The first-order chi connectivity index (χ1) is 15.9. The molecule has 0 aromatic heterocycles. The van der Waals surface area contributed by atoms with Crippen molar-refractivity contribution in [3.63, 3.8) is 0 Å². The average molecular weight is 469 g/mol. The molecule has 8 nitrogen and oxygen atoms in total. The van der Waals surface area contributed by atoms with Crippen LogP contribution in [-0.4, -0.2) is 40.5 Å². The molecule has 0 saturated heterocycles. The number of hydrogen-bond acceptors (Lipinski definition) is 6. The molecule has 9 heteroatoms. The summed E-state index contributed by atoms with van der Waals surface area (Å²) in [4.78, 5) is 22.8. The van der Waals surface area contributed by atoms with Crippen LogP contribution in [0.25, 0.3) is 11.1 Å². The highest BCUT2D eigenvalue weighted by molar-refractivity contribution is 6.31. The number of hydrogen-bond donors (Lipinski definition) is 3. The molecule has 4 rings (SSSR count). The van der Waals surface area contributed by atoms with E-state index in [4.69, 9.17) is 16.3 Å². The van der Waals surface area contributed by atoms with Crippen molar-refractivity contribution in [2.45, 2.75) is 18.1 Å². The summed E-state index contributed by atoms with van der Waals surface area (Å²) in [6.07, 6.45) is -3.99. The van der Waals surface area contributed by atoms with Gasteiger partial charge in [0.2, 0.25) is 0 Å². The Labute approximate surface area is 194 Å². The van der Waals surface area contributed by atoms with Crippen molar-refractivity contribution in [3.05, 3.63) is 98.6 Å². The number of aliphatic hydroxyl groups is 2. The Morgan fingerprint density at radius 2 is 1.64 bits per heavy atom. The predicted octanol–water partition coefficient (Wildman–Crippen LogP) is 4.18. The third kappa shape index (κ3) is 4.54. The molecule has 2 atom stereocenters. The zero-order chi connectivity index (χ0) is 23.5. The summed E-state index contributed by atoms with van der Waals surface area (Å²) in [6.45, 7) is -0.297. The van der Waals surface area contributed by atoms with E-state index in [2.05, 4.69) is 5.32 Å². The standard InChI is InChI=1S/C24H21ClN2O6/c25-19-10-5-11-20(27(31)32)22(19)23(29)21(28)12-26-24(30)33-13-18-16-8-3-1-6-14(16)15-7-2-4-9-17(15)18/h1-11,18,21,23,28-29H,12-13H2,(H,26,30). The van der Waals surface area contributed by atoms with Gasteiger partial charge < -0.3 is 20.3 Å². The average Bonchev–Trinajstić information content (AvgIpc) is 3.14. The number of carbonyl (C=O) groups is 1. The molecule has 2 unspecified atom stereocenters. The molecule has 0 fully saturated rings. The number of nitro benzene ring substituents is 1. The van der Waals surface area contributed by atoms with Crippen LogP contribution in [0.15, 0.2) is 66.7 Å². The van der Waals surface area contributed by atoms with Crippen molar-refractivity contribution in [2.24, 2.45) is 0 Å². The van der Waals surface area contributed by atoms with Gasteiger partial charge in [0, 0.05) is 18.5 Å². The number of fused-ring (bicyclic) bond motifs is 3. The molecule has 3 N–H and O–H groups in total. The summed E-state index contributed by atoms with van der Waals surface area (Å²) in [5.74, 6) is -0.121. The summed E-state index contributed by atoms with van der Waals surface area (Å²) in [5, 5.41) is 34.2. The minimum Gasteiger partial charge on any atom is -0.449 e. The summed E-state index contributed by atoms with van der Waals surface area (Å²) in [7, 11) is 0. The van der Waals surface area contributed by atoms with Crippen LogP contribution in [0.1, 0.15) is 28.7 Å². The lowest BCUT2D eigenvalue weighted by molar-refractivity contribution is -0.386. The highest BCUT2D eigenvalue weighted by atomic mass is 35.5. The fraction of sp³-hybridized carbons (Fsp3) is 0.208. The molecule has 33 heavy (non-hydrogen) atoms. The maximum atomic E-state index is 12.3. The van der Waals surface area contributed by atoms with E-state index >= 15 is 0 Å². The van der Waals surface area contributed by atoms with Gasteiger partial charge in [0.05, 0.1) is 15.5 Å². The molecule has 1 amide bonds. The zero-order valence-electron chi connectivity index (χ0n) is 17.3. The fourth-order valence-electron chi connectivity index (χ4n) is 4.12. The number of aliphatic hydroxyl groups excluding tert-OH is 2. The number of halogens is 1. The number of nitrogens with one attached hydrogen (secondary N) is 1. The van der Waals surface area contributed by atoms with Crippen LogP contribution >= 0.6 is 11.6 Å². The number of nitro groups is 1. The van der Waals surface area contributed by atoms with Crippen LogP contribution in [0.2, 0.25) is 5.02 Å². The van der Waals surface area contributed by atoms with Crippen LogP contribution in [0.5, 0.6) is 0 Å². The van der Waals surface area contributed by atoms with Gasteiger partial charge in [-0.1, -0.05) is 66.2 Å². The number of nitrogens with zero attached hydrogens (tertiary/aromatic N) is 1. The molecular formula is C24H21ClN2O6. The summed E-state index contributed by atoms with van der Waals surface area (Å²) in [6, 6.07) is 19.8. The second-order valence-corrected chi connectivity index (χ2v) is 8.06. The Hall–Kier alpha value is -3.46. The molecule has 1 aliphatic carbocycles. The minimum absolute atomic E-state index is 0.0584. The van der Waals surface area contributed by atoms with Crippen molar-refractivity contribution in [2.75, 3.05) is 13.2 Å². The van der Waals surface area contributed by atoms with E-state index in [1.54, 1.807) is 0 Å². The summed E-state index contributed by atoms with van der Waals surface area (Å²) < 4.78 is 5.38. The van der Waals surface area contributed by atoms with Gasteiger partial charge in [-0.05, 0) is 28.3 Å². The monoisotopic (exact) mass is 468 g/mol. The Morgan fingerprint density at radius 3 is 2.24 bits per heavy atom. The second-order valence-electron chi connectivity index (χ2n) is 7.65. The first-order valence-corrected chi connectivity index (χ1v) is 10.6. The van der Waals surface area contributed by atoms with Crippen molar-refractivity contribution >= 4 is 23.4 Å². The number of rotatable bonds is 7. The van der Waals surface area contributed by atoms with E-state index < -0.39 is 28.9 Å². The van der Waals surface area contributed by atoms with E-state index in [-0.39, 0.29) is 29.7 Å². The van der Waals surface area contributed by atoms with Gasteiger partial charge in [-0.25, -0.2) is 4.79 Å². The van der Waals surface area contributed by atoms with Crippen molar-refractivity contribution in [1.82, 2.24) is 5.32 Å². The second kappa shape index (κ2) is 9.58. The topological polar surface area (TPSA) is 122 Å². The van der Waals surface area contributed by atoms with Crippen molar-refractivity contribution < 1.29 is 24.7 Å².